The van der Waals surface area contributed by atoms with Gasteiger partial charge in [0.25, 0.3) is 5.91 Å². The molecule has 2 heterocycles. The molecule has 3 N–H and O–H groups in total. The van der Waals surface area contributed by atoms with E-state index in [9.17, 15) is 18.0 Å². The van der Waals surface area contributed by atoms with Crippen molar-refractivity contribution in [1.29, 1.82) is 0 Å². The van der Waals surface area contributed by atoms with E-state index >= 15 is 0 Å². The Morgan fingerprint density at radius 1 is 1.21 bits per heavy atom. The lowest BCUT2D eigenvalue weighted by Gasteiger charge is -2.31. The van der Waals surface area contributed by atoms with Crippen LogP contribution in [0.1, 0.15) is 21.8 Å². The van der Waals surface area contributed by atoms with Gasteiger partial charge in [-0.05, 0) is 26.0 Å². The van der Waals surface area contributed by atoms with Crippen molar-refractivity contribution >= 4 is 23.3 Å². The first-order valence-electron chi connectivity index (χ1n) is 8.70. The number of nitrogens with one attached hydrogen (secondary N) is 2. The first-order valence-corrected chi connectivity index (χ1v) is 8.70. The third-order valence-corrected chi connectivity index (χ3v) is 4.11. The maximum absolute atomic E-state index is 12.5. The average molecular weight is 414 g/mol. The van der Waals surface area contributed by atoms with E-state index in [2.05, 4.69) is 20.7 Å². The third kappa shape index (κ3) is 5.95. The molecule has 0 spiro atoms. The number of carbonyl (C=O) groups is 2. The predicted molar refractivity (Wildman–Crippen MR) is 99.1 cm³/mol. The number of carboxylic acids is 1. The molecular weight excluding hydrogens is 393 g/mol. The lowest BCUT2D eigenvalue weighted by atomic mass is 10.1. The highest BCUT2D eigenvalue weighted by Crippen LogP contribution is 2.27. The van der Waals surface area contributed by atoms with Crippen LogP contribution in [0.25, 0.3) is 0 Å². The fraction of sp³-hybridized carbons (Fsp3) is 0.389. The summed E-state index contributed by atoms with van der Waals surface area (Å²) >= 11 is 0. The number of carboxylic acid groups (broad SMARTS) is 1. The lowest BCUT2D eigenvalue weighted by molar-refractivity contribution is -0.192. The number of aliphatic carboxylic acids is 1. The van der Waals surface area contributed by atoms with E-state index in [4.69, 9.17) is 14.4 Å². The number of para-hydroxylation sites is 2. The Morgan fingerprint density at radius 3 is 2.31 bits per heavy atom. The van der Waals surface area contributed by atoms with Crippen molar-refractivity contribution < 1.29 is 32.4 Å². The second-order valence-corrected chi connectivity index (χ2v) is 6.21. The number of carbonyl (C=O) groups excluding carboxylic acids is 1. The van der Waals surface area contributed by atoms with E-state index in [1.54, 1.807) is 13.8 Å². The molecule has 158 valence electrons. The van der Waals surface area contributed by atoms with Gasteiger partial charge in [0.15, 0.2) is 0 Å². The number of alkyl halides is 3. The molecule has 8 nitrogen and oxygen atoms in total. The summed E-state index contributed by atoms with van der Waals surface area (Å²) < 4.78 is 36.8. The molecule has 1 aromatic carbocycles. The normalized spacial score (nSPS) is 14.0. The van der Waals surface area contributed by atoms with Crippen LogP contribution in [0, 0.1) is 13.8 Å². The molecule has 1 saturated heterocycles. The van der Waals surface area contributed by atoms with Crippen LogP contribution in [0.15, 0.2) is 28.8 Å². The summed E-state index contributed by atoms with van der Waals surface area (Å²) in [5.41, 5.74) is 2.98. The zero-order chi connectivity index (χ0) is 21.6. The van der Waals surface area contributed by atoms with Crippen molar-refractivity contribution in [2.24, 2.45) is 0 Å². The summed E-state index contributed by atoms with van der Waals surface area (Å²) in [4.78, 5) is 23.7. The number of benzene rings is 1. The molecule has 11 heteroatoms. The summed E-state index contributed by atoms with van der Waals surface area (Å²) in [6.07, 6.45) is -5.08. The predicted octanol–water partition coefficient (Wildman–Crippen LogP) is 2.59. The maximum Gasteiger partial charge on any atom is 0.490 e. The number of hydrogen-bond donors (Lipinski definition) is 3. The molecule has 1 aromatic heterocycles. The average Bonchev–Trinajstić information content (AvgIpc) is 3.01. The van der Waals surface area contributed by atoms with Crippen LogP contribution in [-0.2, 0) is 4.79 Å². The minimum Gasteiger partial charge on any atom is -0.475 e. The number of rotatable bonds is 3. The Hall–Kier alpha value is -3.08. The van der Waals surface area contributed by atoms with Crippen molar-refractivity contribution in [2.45, 2.75) is 20.0 Å². The van der Waals surface area contributed by atoms with E-state index in [0.29, 0.717) is 17.0 Å². The number of halogens is 3. The second-order valence-electron chi connectivity index (χ2n) is 6.21. The standard InChI is InChI=1S/C16H20N4O2.C2HF3O2/c1-11-15(12(2)22-19-11)16(21)18-13-5-3-4-6-14(13)20-9-7-17-8-10-20;3-2(4,5)1(6)7/h3-6,17H,7-10H2,1-2H3,(H,18,21);(H,6,7). The molecule has 0 aliphatic carbocycles. The summed E-state index contributed by atoms with van der Waals surface area (Å²) in [6.45, 7) is 7.28. The van der Waals surface area contributed by atoms with Gasteiger partial charge in [-0.25, -0.2) is 4.79 Å². The van der Waals surface area contributed by atoms with Crippen LogP contribution in [0.5, 0.6) is 0 Å². The highest BCUT2D eigenvalue weighted by Gasteiger charge is 2.38. The number of amides is 1. The Bertz CT molecular complexity index is 842. The van der Waals surface area contributed by atoms with Gasteiger partial charge in [0.2, 0.25) is 0 Å². The zero-order valence-corrected chi connectivity index (χ0v) is 15.8. The number of piperazine rings is 1. The fourth-order valence-electron chi connectivity index (χ4n) is 2.75. The van der Waals surface area contributed by atoms with Crippen LogP contribution in [-0.4, -0.2) is 54.5 Å². The van der Waals surface area contributed by atoms with Crippen molar-refractivity contribution in [1.82, 2.24) is 10.5 Å². The summed E-state index contributed by atoms with van der Waals surface area (Å²) in [6, 6.07) is 7.87. The Morgan fingerprint density at radius 2 is 1.79 bits per heavy atom. The topological polar surface area (TPSA) is 108 Å². The Balaban J connectivity index is 0.000000370. The lowest BCUT2D eigenvalue weighted by Crippen LogP contribution is -2.43. The summed E-state index contributed by atoms with van der Waals surface area (Å²) in [5.74, 6) is -2.40. The van der Waals surface area contributed by atoms with Crippen LogP contribution >= 0.6 is 0 Å². The molecule has 0 saturated carbocycles. The minimum absolute atomic E-state index is 0.182. The van der Waals surface area contributed by atoms with Crippen molar-refractivity contribution in [3.8, 4) is 0 Å². The molecule has 1 aliphatic rings. The summed E-state index contributed by atoms with van der Waals surface area (Å²) in [7, 11) is 0. The monoisotopic (exact) mass is 414 g/mol. The van der Waals surface area contributed by atoms with Gasteiger partial charge in [-0.3, -0.25) is 4.79 Å². The van der Waals surface area contributed by atoms with Crippen molar-refractivity contribution in [3.05, 3.63) is 41.3 Å². The Kier molecular flexibility index (Phi) is 7.21. The van der Waals surface area contributed by atoms with E-state index < -0.39 is 12.1 Å². The molecule has 2 aromatic rings. The van der Waals surface area contributed by atoms with Crippen molar-refractivity contribution in [3.63, 3.8) is 0 Å². The summed E-state index contributed by atoms with van der Waals surface area (Å²) in [5, 5.41) is 17.3. The van der Waals surface area contributed by atoms with Gasteiger partial charge in [0, 0.05) is 26.2 Å². The quantitative estimate of drug-likeness (QED) is 0.709. The van der Waals surface area contributed by atoms with Crippen LogP contribution < -0.4 is 15.5 Å². The number of aryl methyl sites for hydroxylation is 2. The molecule has 0 unspecified atom stereocenters. The van der Waals surface area contributed by atoms with Crippen molar-refractivity contribution in [2.75, 3.05) is 36.4 Å². The van der Waals surface area contributed by atoms with Gasteiger partial charge in [-0.15, -0.1) is 0 Å². The highest BCUT2D eigenvalue weighted by molar-refractivity contribution is 6.07. The van der Waals surface area contributed by atoms with Crippen LogP contribution in [0.3, 0.4) is 0 Å². The Labute approximate surface area is 164 Å². The van der Waals surface area contributed by atoms with Crippen LogP contribution in [0.2, 0.25) is 0 Å². The van der Waals surface area contributed by atoms with Gasteiger partial charge in [-0.1, -0.05) is 17.3 Å². The van der Waals surface area contributed by atoms with Crippen LogP contribution in [0.4, 0.5) is 24.5 Å². The molecule has 0 atom stereocenters. The molecule has 1 aliphatic heterocycles. The number of nitrogens with zero attached hydrogens (tertiary/aromatic N) is 2. The highest BCUT2D eigenvalue weighted by atomic mass is 19.4. The zero-order valence-electron chi connectivity index (χ0n) is 15.8. The number of anilines is 2. The fourth-order valence-corrected chi connectivity index (χ4v) is 2.75. The molecule has 29 heavy (non-hydrogen) atoms. The van der Waals surface area contributed by atoms with Gasteiger partial charge >= 0.3 is 12.1 Å². The van der Waals surface area contributed by atoms with E-state index in [-0.39, 0.29) is 5.91 Å². The minimum atomic E-state index is -5.08. The van der Waals surface area contributed by atoms with Gasteiger partial charge in [0.1, 0.15) is 11.3 Å². The van der Waals surface area contributed by atoms with E-state index in [1.807, 2.05) is 24.3 Å². The van der Waals surface area contributed by atoms with E-state index in [1.165, 1.54) is 0 Å². The van der Waals surface area contributed by atoms with Gasteiger partial charge in [0.05, 0.1) is 17.1 Å². The molecule has 1 fully saturated rings. The first kappa shape index (κ1) is 22.2. The largest absolute Gasteiger partial charge is 0.490 e. The maximum atomic E-state index is 12.5. The number of hydrogen-bond acceptors (Lipinski definition) is 6. The molecule has 3 rings (SSSR count). The molecular formula is C18H21F3N4O4. The van der Waals surface area contributed by atoms with Gasteiger partial charge < -0.3 is 25.2 Å². The van der Waals surface area contributed by atoms with Gasteiger partial charge in [-0.2, -0.15) is 13.2 Å². The smallest absolute Gasteiger partial charge is 0.475 e. The molecule has 0 bridgehead atoms. The molecule has 1 amide bonds. The third-order valence-electron chi connectivity index (χ3n) is 4.11. The second kappa shape index (κ2) is 9.41. The van der Waals surface area contributed by atoms with E-state index in [0.717, 1.165) is 37.6 Å². The first-order chi connectivity index (χ1) is 13.6. The molecule has 0 radical (unpaired) electrons. The number of aromatic nitrogens is 1. The SMILES string of the molecule is Cc1noc(C)c1C(=O)Nc1ccccc1N1CCNCC1.O=C(O)C(F)(F)F.